The van der Waals surface area contributed by atoms with Crippen LogP contribution in [-0.2, 0) is 0 Å². The molecule has 35 heavy (non-hydrogen) atoms. The number of carbonyl (C=O) groups excluding carboxylic acids is 1. The second-order valence-corrected chi connectivity index (χ2v) is 8.83. The topological polar surface area (TPSA) is 80.3 Å². The maximum absolute atomic E-state index is 12.7. The van der Waals surface area contributed by atoms with Gasteiger partial charge in [-0.2, -0.15) is 0 Å². The molecule has 0 aliphatic rings. The fourth-order valence-electron chi connectivity index (χ4n) is 3.61. The first-order chi connectivity index (χ1) is 16.9. The first-order valence-corrected chi connectivity index (χ1v) is 11.7. The SMILES string of the molecule is Cc1c(NC(=S)NC(=O)c2ccc(-c3cccc(Cl)c3Cl)o2)cccc1-c1nc2ccccc2o1. The molecule has 0 bridgehead atoms. The summed E-state index contributed by atoms with van der Waals surface area (Å²) in [5, 5.41) is 6.55. The van der Waals surface area contributed by atoms with E-state index in [9.17, 15) is 4.79 Å². The van der Waals surface area contributed by atoms with Crippen molar-refractivity contribution in [3.63, 3.8) is 0 Å². The highest BCUT2D eigenvalue weighted by Crippen LogP contribution is 2.34. The Labute approximate surface area is 215 Å². The predicted octanol–water partition coefficient (Wildman–Crippen LogP) is 7.50. The summed E-state index contributed by atoms with van der Waals surface area (Å²) >= 11 is 17.7. The van der Waals surface area contributed by atoms with Gasteiger partial charge in [-0.05, 0) is 73.2 Å². The molecule has 6 nitrogen and oxygen atoms in total. The standard InChI is InChI=1S/C26H17Cl2N3O3S/c1-14-15(25-29-19-9-2-3-11-21(19)34-25)6-5-10-18(14)30-26(35)31-24(32)22-13-12-20(33-22)16-7-4-8-17(27)23(16)28/h2-13H,1H3,(H2,30,31,32,35). The Hall–Kier alpha value is -3.65. The minimum Gasteiger partial charge on any atom is -0.451 e. The number of oxazole rings is 1. The van der Waals surface area contributed by atoms with Gasteiger partial charge in [-0.1, -0.05) is 47.5 Å². The van der Waals surface area contributed by atoms with Gasteiger partial charge in [0.1, 0.15) is 11.3 Å². The maximum atomic E-state index is 12.7. The zero-order valence-electron chi connectivity index (χ0n) is 18.3. The van der Waals surface area contributed by atoms with Gasteiger partial charge >= 0.3 is 0 Å². The summed E-state index contributed by atoms with van der Waals surface area (Å²) in [6.07, 6.45) is 0. The van der Waals surface area contributed by atoms with Gasteiger partial charge in [0.2, 0.25) is 5.89 Å². The van der Waals surface area contributed by atoms with Crippen molar-refractivity contribution in [3.05, 3.63) is 94.2 Å². The van der Waals surface area contributed by atoms with Gasteiger partial charge in [0.15, 0.2) is 16.5 Å². The number of para-hydroxylation sites is 2. The highest BCUT2D eigenvalue weighted by Gasteiger charge is 2.17. The summed E-state index contributed by atoms with van der Waals surface area (Å²) in [5.41, 5.74) is 4.47. The van der Waals surface area contributed by atoms with E-state index in [1.165, 1.54) is 0 Å². The van der Waals surface area contributed by atoms with Gasteiger partial charge < -0.3 is 14.2 Å². The molecule has 5 rings (SSSR count). The molecule has 2 aromatic heterocycles. The Balaban J connectivity index is 1.31. The van der Waals surface area contributed by atoms with Crippen LogP contribution < -0.4 is 10.6 Å². The van der Waals surface area contributed by atoms with E-state index < -0.39 is 5.91 Å². The molecular formula is C26H17Cl2N3O3S. The number of nitrogens with one attached hydrogen (secondary N) is 2. The Morgan fingerprint density at radius 3 is 2.51 bits per heavy atom. The second kappa shape index (κ2) is 9.54. The monoisotopic (exact) mass is 521 g/mol. The van der Waals surface area contributed by atoms with E-state index in [1.807, 2.05) is 49.4 Å². The van der Waals surface area contributed by atoms with Crippen LogP contribution >= 0.6 is 35.4 Å². The Morgan fingerprint density at radius 1 is 0.914 bits per heavy atom. The van der Waals surface area contributed by atoms with Crippen molar-refractivity contribution in [1.82, 2.24) is 10.3 Å². The lowest BCUT2D eigenvalue weighted by Gasteiger charge is -2.13. The summed E-state index contributed by atoms with van der Waals surface area (Å²) in [7, 11) is 0. The summed E-state index contributed by atoms with van der Waals surface area (Å²) in [6, 6.07) is 21.6. The van der Waals surface area contributed by atoms with Crippen molar-refractivity contribution >= 4 is 63.2 Å². The van der Waals surface area contributed by atoms with Crippen LogP contribution in [0, 0.1) is 6.92 Å². The molecule has 1 amide bonds. The highest BCUT2D eigenvalue weighted by atomic mass is 35.5. The Kier molecular flexibility index (Phi) is 6.30. The molecule has 0 saturated carbocycles. The molecule has 3 aromatic carbocycles. The van der Waals surface area contributed by atoms with E-state index in [1.54, 1.807) is 30.3 Å². The molecule has 2 N–H and O–H groups in total. The van der Waals surface area contributed by atoms with E-state index in [4.69, 9.17) is 44.3 Å². The molecule has 0 aliphatic heterocycles. The molecule has 0 atom stereocenters. The number of nitrogens with zero attached hydrogens (tertiary/aromatic N) is 1. The summed E-state index contributed by atoms with van der Waals surface area (Å²) in [5.74, 6) is 0.505. The number of benzene rings is 3. The molecule has 0 saturated heterocycles. The number of furan rings is 1. The fraction of sp³-hybridized carbons (Fsp3) is 0.0385. The van der Waals surface area contributed by atoms with E-state index in [0.29, 0.717) is 38.5 Å². The van der Waals surface area contributed by atoms with Crippen LogP contribution in [0.4, 0.5) is 5.69 Å². The third-order valence-corrected chi connectivity index (χ3v) is 6.40. The summed E-state index contributed by atoms with van der Waals surface area (Å²) < 4.78 is 11.6. The lowest BCUT2D eigenvalue weighted by molar-refractivity contribution is 0.0951. The third-order valence-electron chi connectivity index (χ3n) is 5.38. The van der Waals surface area contributed by atoms with Crippen LogP contribution in [0.1, 0.15) is 16.1 Å². The van der Waals surface area contributed by atoms with Crippen molar-refractivity contribution in [2.45, 2.75) is 6.92 Å². The van der Waals surface area contributed by atoms with Crippen LogP contribution in [0.3, 0.4) is 0 Å². The van der Waals surface area contributed by atoms with Gasteiger partial charge in [0, 0.05) is 16.8 Å². The van der Waals surface area contributed by atoms with Gasteiger partial charge in [-0.25, -0.2) is 4.98 Å². The van der Waals surface area contributed by atoms with Crippen LogP contribution in [0.5, 0.6) is 0 Å². The number of rotatable bonds is 4. The number of amides is 1. The van der Waals surface area contributed by atoms with Gasteiger partial charge in [0.25, 0.3) is 5.91 Å². The average molecular weight is 522 g/mol. The fourth-order valence-corrected chi connectivity index (χ4v) is 4.20. The van der Waals surface area contributed by atoms with Crippen LogP contribution in [-0.4, -0.2) is 16.0 Å². The zero-order chi connectivity index (χ0) is 24.5. The van der Waals surface area contributed by atoms with Crippen LogP contribution in [0.2, 0.25) is 10.0 Å². The minimum atomic E-state index is -0.500. The second-order valence-electron chi connectivity index (χ2n) is 7.64. The van der Waals surface area contributed by atoms with E-state index in [-0.39, 0.29) is 10.9 Å². The largest absolute Gasteiger partial charge is 0.451 e. The van der Waals surface area contributed by atoms with E-state index >= 15 is 0 Å². The quantitative estimate of drug-likeness (QED) is 0.238. The summed E-state index contributed by atoms with van der Waals surface area (Å²) in [6.45, 7) is 1.92. The number of halogens is 2. The number of carbonyl (C=O) groups is 1. The van der Waals surface area contributed by atoms with E-state index in [0.717, 1.165) is 16.6 Å². The smallest absolute Gasteiger partial charge is 0.293 e. The average Bonchev–Trinajstić information content (AvgIpc) is 3.50. The third kappa shape index (κ3) is 4.66. The number of hydrogen-bond donors (Lipinski definition) is 2. The molecule has 174 valence electrons. The highest BCUT2D eigenvalue weighted by molar-refractivity contribution is 7.80. The molecule has 0 unspecified atom stereocenters. The molecule has 0 aliphatic carbocycles. The number of hydrogen-bond acceptors (Lipinski definition) is 5. The molecule has 0 radical (unpaired) electrons. The van der Waals surface area contributed by atoms with Crippen molar-refractivity contribution in [1.29, 1.82) is 0 Å². The van der Waals surface area contributed by atoms with Crippen molar-refractivity contribution in [2.24, 2.45) is 0 Å². The minimum absolute atomic E-state index is 0.0807. The number of anilines is 1. The zero-order valence-corrected chi connectivity index (χ0v) is 20.6. The van der Waals surface area contributed by atoms with Crippen LogP contribution in [0.25, 0.3) is 33.9 Å². The summed E-state index contributed by atoms with van der Waals surface area (Å²) in [4.78, 5) is 17.3. The lowest BCUT2D eigenvalue weighted by Crippen LogP contribution is -2.34. The van der Waals surface area contributed by atoms with Gasteiger partial charge in [-0.15, -0.1) is 0 Å². The Morgan fingerprint density at radius 2 is 1.69 bits per heavy atom. The number of aromatic nitrogens is 1. The predicted molar refractivity (Wildman–Crippen MR) is 142 cm³/mol. The number of thiocarbonyl (C=S) groups is 1. The molecule has 5 aromatic rings. The van der Waals surface area contributed by atoms with Gasteiger partial charge in [-0.3, -0.25) is 10.1 Å². The lowest BCUT2D eigenvalue weighted by atomic mass is 10.1. The van der Waals surface area contributed by atoms with Crippen molar-refractivity contribution < 1.29 is 13.6 Å². The van der Waals surface area contributed by atoms with E-state index in [2.05, 4.69) is 15.6 Å². The van der Waals surface area contributed by atoms with Crippen molar-refractivity contribution in [3.8, 4) is 22.8 Å². The first-order valence-electron chi connectivity index (χ1n) is 10.5. The van der Waals surface area contributed by atoms with Crippen LogP contribution in [0.15, 0.2) is 81.6 Å². The Bertz CT molecular complexity index is 1560. The normalized spacial score (nSPS) is 10.9. The molecule has 0 spiro atoms. The number of fused-ring (bicyclic) bond motifs is 1. The molecule has 9 heteroatoms. The van der Waals surface area contributed by atoms with Crippen molar-refractivity contribution in [2.75, 3.05) is 5.32 Å². The molecular weight excluding hydrogens is 505 g/mol. The molecule has 0 fully saturated rings. The maximum Gasteiger partial charge on any atom is 0.293 e. The first kappa shape index (κ1) is 23.1. The van der Waals surface area contributed by atoms with Gasteiger partial charge in [0.05, 0.1) is 10.0 Å². The molecule has 2 heterocycles.